The van der Waals surface area contributed by atoms with Gasteiger partial charge in [-0.2, -0.15) is 0 Å². The molecule has 1 nitrogen and oxygen atoms in total. The lowest BCUT2D eigenvalue weighted by Crippen LogP contribution is -2.27. The van der Waals surface area contributed by atoms with Gasteiger partial charge in [0, 0.05) is 6.42 Å². The van der Waals surface area contributed by atoms with Crippen molar-refractivity contribution in [2.24, 2.45) is 0 Å². The van der Waals surface area contributed by atoms with Crippen molar-refractivity contribution in [1.82, 2.24) is 0 Å². The van der Waals surface area contributed by atoms with E-state index in [1.807, 2.05) is 12.1 Å². The first kappa shape index (κ1) is 11.3. The molecule has 0 heterocycles. The highest BCUT2D eigenvalue weighted by Gasteiger charge is 2.31. The number of rotatable bonds is 2. The molecule has 0 spiro atoms. The fourth-order valence-electron chi connectivity index (χ4n) is 2.25. The van der Waals surface area contributed by atoms with Gasteiger partial charge in [-0.25, -0.2) is 0 Å². The van der Waals surface area contributed by atoms with Gasteiger partial charge in [-0.3, -0.25) is 0 Å². The average molecular weight is 245 g/mol. The van der Waals surface area contributed by atoms with Crippen LogP contribution < -0.4 is 0 Å². The summed E-state index contributed by atoms with van der Waals surface area (Å²) in [6.45, 7) is 0. The second-order valence-electron chi connectivity index (χ2n) is 4.32. The van der Waals surface area contributed by atoms with E-state index in [4.69, 9.17) is 23.2 Å². The van der Waals surface area contributed by atoms with Gasteiger partial charge in [-0.15, -0.1) is 0 Å². The van der Waals surface area contributed by atoms with Gasteiger partial charge in [0.2, 0.25) is 0 Å². The first-order chi connectivity index (χ1) is 7.11. The van der Waals surface area contributed by atoms with Crippen molar-refractivity contribution < 1.29 is 5.11 Å². The van der Waals surface area contributed by atoms with Crippen LogP contribution in [0.4, 0.5) is 0 Å². The molecule has 1 aliphatic rings. The van der Waals surface area contributed by atoms with Crippen LogP contribution in [0.15, 0.2) is 18.2 Å². The maximum absolute atomic E-state index is 10.3. The highest BCUT2D eigenvalue weighted by Crippen LogP contribution is 2.35. The molecule has 0 aliphatic heterocycles. The van der Waals surface area contributed by atoms with E-state index in [1.165, 1.54) is 0 Å². The monoisotopic (exact) mass is 244 g/mol. The van der Waals surface area contributed by atoms with E-state index in [9.17, 15) is 5.11 Å². The van der Waals surface area contributed by atoms with Crippen LogP contribution in [0.25, 0.3) is 0 Å². The van der Waals surface area contributed by atoms with Crippen LogP contribution in [0.5, 0.6) is 0 Å². The summed E-state index contributed by atoms with van der Waals surface area (Å²) in [5.74, 6) is 0. The van der Waals surface area contributed by atoms with E-state index in [0.717, 1.165) is 31.2 Å². The first-order valence-corrected chi connectivity index (χ1v) is 6.02. The molecule has 1 saturated carbocycles. The molecule has 1 fully saturated rings. The average Bonchev–Trinajstić information content (AvgIpc) is 2.60. The Morgan fingerprint density at radius 2 is 1.87 bits per heavy atom. The maximum atomic E-state index is 10.3. The smallest absolute Gasteiger partial charge is 0.0688 e. The predicted octanol–water partition coefficient (Wildman–Crippen LogP) is 3.84. The molecule has 0 atom stereocenters. The Balaban J connectivity index is 2.20. The molecule has 0 amide bonds. The van der Waals surface area contributed by atoms with Crippen molar-refractivity contribution in [3.8, 4) is 0 Å². The Hall–Kier alpha value is -0.240. The molecule has 1 aromatic rings. The Morgan fingerprint density at radius 1 is 1.20 bits per heavy atom. The topological polar surface area (TPSA) is 20.2 Å². The number of halogens is 2. The van der Waals surface area contributed by atoms with Gasteiger partial charge in [-0.05, 0) is 24.5 Å². The molecule has 0 aromatic heterocycles. The molecule has 1 aromatic carbocycles. The largest absolute Gasteiger partial charge is 0.390 e. The van der Waals surface area contributed by atoms with Crippen LogP contribution in [-0.4, -0.2) is 10.7 Å². The Kier molecular flexibility index (Phi) is 3.24. The summed E-state index contributed by atoms with van der Waals surface area (Å²) in [6.07, 6.45) is 4.57. The quantitative estimate of drug-likeness (QED) is 0.839. The summed E-state index contributed by atoms with van der Waals surface area (Å²) < 4.78 is 0. The third kappa shape index (κ3) is 2.47. The molecule has 0 bridgehead atoms. The predicted molar refractivity (Wildman–Crippen MR) is 63.6 cm³/mol. The minimum atomic E-state index is -0.561. The van der Waals surface area contributed by atoms with E-state index < -0.39 is 5.60 Å². The zero-order valence-electron chi connectivity index (χ0n) is 8.47. The van der Waals surface area contributed by atoms with Crippen LogP contribution >= 0.6 is 23.2 Å². The number of aliphatic hydroxyl groups is 1. The molecule has 0 radical (unpaired) electrons. The molecule has 0 unspecified atom stereocenters. The van der Waals surface area contributed by atoms with Gasteiger partial charge in [0.05, 0.1) is 15.6 Å². The van der Waals surface area contributed by atoms with Gasteiger partial charge in [0.1, 0.15) is 0 Å². The minimum Gasteiger partial charge on any atom is -0.390 e. The second-order valence-corrected chi connectivity index (χ2v) is 5.11. The number of benzene rings is 1. The third-order valence-electron chi connectivity index (χ3n) is 3.09. The van der Waals surface area contributed by atoms with Crippen LogP contribution in [0, 0.1) is 0 Å². The number of hydrogen-bond acceptors (Lipinski definition) is 1. The lowest BCUT2D eigenvalue weighted by atomic mass is 9.93. The maximum Gasteiger partial charge on any atom is 0.0688 e. The van der Waals surface area contributed by atoms with Crippen molar-refractivity contribution >= 4 is 23.2 Å². The fraction of sp³-hybridized carbons (Fsp3) is 0.500. The molecule has 1 N–H and O–H groups in total. The highest BCUT2D eigenvalue weighted by atomic mass is 35.5. The summed E-state index contributed by atoms with van der Waals surface area (Å²) in [7, 11) is 0. The summed E-state index contributed by atoms with van der Waals surface area (Å²) in [5.41, 5.74) is 0.391. The molecule has 82 valence electrons. The van der Waals surface area contributed by atoms with Crippen LogP contribution in [0.2, 0.25) is 10.0 Å². The van der Waals surface area contributed by atoms with Gasteiger partial charge in [-0.1, -0.05) is 48.2 Å². The molecule has 2 rings (SSSR count). The Labute approximate surface area is 100 Å². The lowest BCUT2D eigenvalue weighted by Gasteiger charge is -2.22. The summed E-state index contributed by atoms with van der Waals surface area (Å²) in [5, 5.41) is 11.4. The second kappa shape index (κ2) is 4.32. The third-order valence-corrected chi connectivity index (χ3v) is 3.94. The minimum absolute atomic E-state index is 0.561. The van der Waals surface area contributed by atoms with Crippen molar-refractivity contribution in [3.63, 3.8) is 0 Å². The summed E-state index contributed by atoms with van der Waals surface area (Å²) in [4.78, 5) is 0. The molecule has 3 heteroatoms. The van der Waals surface area contributed by atoms with Gasteiger partial charge >= 0.3 is 0 Å². The van der Waals surface area contributed by atoms with Crippen LogP contribution in [0.3, 0.4) is 0 Å². The Morgan fingerprint density at radius 3 is 2.53 bits per heavy atom. The van der Waals surface area contributed by atoms with E-state index in [0.29, 0.717) is 16.5 Å². The van der Waals surface area contributed by atoms with E-state index in [-0.39, 0.29) is 0 Å². The van der Waals surface area contributed by atoms with Crippen molar-refractivity contribution in [2.75, 3.05) is 0 Å². The SMILES string of the molecule is OC1(Cc2cccc(Cl)c2Cl)CCCC1. The van der Waals surface area contributed by atoms with E-state index in [2.05, 4.69) is 0 Å². The molecular weight excluding hydrogens is 231 g/mol. The van der Waals surface area contributed by atoms with Crippen molar-refractivity contribution in [3.05, 3.63) is 33.8 Å². The normalized spacial score (nSPS) is 19.4. The van der Waals surface area contributed by atoms with Crippen molar-refractivity contribution in [1.29, 1.82) is 0 Å². The molecule has 15 heavy (non-hydrogen) atoms. The van der Waals surface area contributed by atoms with E-state index in [1.54, 1.807) is 6.07 Å². The Bertz CT molecular complexity index is 357. The van der Waals surface area contributed by atoms with Crippen LogP contribution in [-0.2, 0) is 6.42 Å². The van der Waals surface area contributed by atoms with Gasteiger partial charge < -0.3 is 5.11 Å². The summed E-state index contributed by atoms with van der Waals surface area (Å²) >= 11 is 12.0. The molecule has 1 aliphatic carbocycles. The lowest BCUT2D eigenvalue weighted by molar-refractivity contribution is 0.0482. The highest BCUT2D eigenvalue weighted by molar-refractivity contribution is 6.42. The zero-order valence-corrected chi connectivity index (χ0v) is 9.98. The zero-order chi connectivity index (χ0) is 10.9. The molecule has 0 saturated heterocycles. The van der Waals surface area contributed by atoms with Gasteiger partial charge in [0.15, 0.2) is 0 Å². The summed E-state index contributed by atoms with van der Waals surface area (Å²) in [6, 6.07) is 5.58. The standard InChI is InChI=1S/C12H14Cl2O/c13-10-5-3-4-9(11(10)14)8-12(15)6-1-2-7-12/h3-5,15H,1-2,6-8H2. The molecular formula is C12H14Cl2O. The fourth-order valence-corrected chi connectivity index (χ4v) is 2.64. The first-order valence-electron chi connectivity index (χ1n) is 5.26. The van der Waals surface area contributed by atoms with E-state index >= 15 is 0 Å². The number of hydrogen-bond donors (Lipinski definition) is 1. The van der Waals surface area contributed by atoms with Gasteiger partial charge in [0.25, 0.3) is 0 Å². The van der Waals surface area contributed by atoms with Crippen molar-refractivity contribution in [2.45, 2.75) is 37.7 Å². The van der Waals surface area contributed by atoms with Crippen LogP contribution in [0.1, 0.15) is 31.2 Å².